The van der Waals surface area contributed by atoms with E-state index < -0.39 is 0 Å². The van der Waals surface area contributed by atoms with Gasteiger partial charge in [0.05, 0.1) is 24.1 Å². The van der Waals surface area contributed by atoms with Crippen molar-refractivity contribution in [3.05, 3.63) is 83.9 Å². The van der Waals surface area contributed by atoms with Crippen LogP contribution in [0.5, 0.6) is 0 Å². The number of nitrogens with zero attached hydrogens (tertiary/aromatic N) is 3. The highest BCUT2D eigenvalue weighted by Crippen LogP contribution is 2.20. The van der Waals surface area contributed by atoms with Crippen LogP contribution in [0.25, 0.3) is 11.3 Å². The number of rotatable bonds is 8. The largest absolute Gasteiger partial charge is 0.468 e. The Balaban J connectivity index is 0.000000374. The molecular weight excluding hydrogens is 416 g/mol. The third kappa shape index (κ3) is 6.62. The van der Waals surface area contributed by atoms with Crippen molar-refractivity contribution < 1.29 is 4.42 Å². The number of nitrogens with one attached hydrogen (secondary N) is 3. The number of furan rings is 1. The number of hydrogen-bond acceptors (Lipinski definition) is 9. The van der Waals surface area contributed by atoms with Crippen LogP contribution < -0.4 is 22.1 Å². The maximum absolute atomic E-state index is 7.57. The molecule has 0 atom stereocenters. The van der Waals surface area contributed by atoms with Crippen LogP contribution in [0.3, 0.4) is 0 Å². The monoisotopic (exact) mass is 444 g/mol. The highest BCUT2D eigenvalue weighted by atomic mass is 16.3. The fourth-order valence-electron chi connectivity index (χ4n) is 3.08. The summed E-state index contributed by atoms with van der Waals surface area (Å²) in [5.41, 5.74) is 14.8. The van der Waals surface area contributed by atoms with Gasteiger partial charge in [0.15, 0.2) is 0 Å². The molecule has 4 rings (SSSR count). The number of hydrogen-bond donors (Lipinski definition) is 5. The van der Waals surface area contributed by atoms with Crippen LogP contribution in [0, 0.1) is 5.41 Å². The number of pyridine rings is 1. The Morgan fingerprint density at radius 1 is 1.03 bits per heavy atom. The number of anilines is 3. The summed E-state index contributed by atoms with van der Waals surface area (Å²) in [6, 6.07) is 17.9. The summed E-state index contributed by atoms with van der Waals surface area (Å²) in [6.45, 7) is 1.16. The molecule has 33 heavy (non-hydrogen) atoms. The third-order valence-corrected chi connectivity index (χ3v) is 4.75. The molecule has 0 fully saturated rings. The first-order valence-corrected chi connectivity index (χ1v) is 10.5. The summed E-state index contributed by atoms with van der Waals surface area (Å²) in [5.74, 6) is 2.10. The molecule has 9 nitrogen and oxygen atoms in total. The van der Waals surface area contributed by atoms with Crippen LogP contribution in [0.1, 0.15) is 16.9 Å². The minimum Gasteiger partial charge on any atom is -0.468 e. The van der Waals surface area contributed by atoms with E-state index >= 15 is 0 Å². The highest BCUT2D eigenvalue weighted by molar-refractivity contribution is 5.91. The first kappa shape index (κ1) is 23.4. The van der Waals surface area contributed by atoms with Gasteiger partial charge in [-0.05, 0) is 36.2 Å². The lowest BCUT2D eigenvalue weighted by Gasteiger charge is -2.12. The quantitative estimate of drug-likeness (QED) is 0.259. The molecule has 0 spiro atoms. The van der Waals surface area contributed by atoms with Crippen LogP contribution in [-0.2, 0) is 13.0 Å². The Morgan fingerprint density at radius 3 is 2.39 bits per heavy atom. The maximum Gasteiger partial charge on any atom is 0.223 e. The summed E-state index contributed by atoms with van der Waals surface area (Å²) >= 11 is 0. The summed E-state index contributed by atoms with van der Waals surface area (Å²) in [5, 5.41) is 13.7. The van der Waals surface area contributed by atoms with Crippen molar-refractivity contribution >= 4 is 23.8 Å². The molecule has 0 aliphatic rings. The minimum absolute atomic E-state index is 0.169. The van der Waals surface area contributed by atoms with Gasteiger partial charge in [-0.3, -0.25) is 4.98 Å². The molecule has 4 aromatic rings. The minimum atomic E-state index is 0.169. The van der Waals surface area contributed by atoms with Gasteiger partial charge in [0.1, 0.15) is 17.4 Å². The standard InChI is InChI=1S/C19H21N7.C5H7NO/c1-22-17-15(12-20)18(26-19(21)25-17)24-11-9-13-5-7-14(8-6-13)16-4-2-3-10-23-16;6-4-5-2-1-3-7-5/h2-8,10,12,20H,9,11H2,1H3,(H4,21,22,24,25,26);1-3H,4,6H2. The molecule has 0 unspecified atom stereocenters. The second-order valence-corrected chi connectivity index (χ2v) is 6.96. The Kier molecular flexibility index (Phi) is 8.49. The Bertz CT molecular complexity index is 1130. The van der Waals surface area contributed by atoms with E-state index in [4.69, 9.17) is 21.3 Å². The zero-order chi connectivity index (χ0) is 23.5. The third-order valence-electron chi connectivity index (χ3n) is 4.75. The molecule has 0 aliphatic heterocycles. The molecule has 1 aromatic carbocycles. The second kappa shape index (κ2) is 12.0. The first-order chi connectivity index (χ1) is 16.1. The lowest BCUT2D eigenvalue weighted by Crippen LogP contribution is -2.13. The van der Waals surface area contributed by atoms with Gasteiger partial charge in [0.2, 0.25) is 5.95 Å². The summed E-state index contributed by atoms with van der Waals surface area (Å²) in [4.78, 5) is 12.6. The van der Waals surface area contributed by atoms with Gasteiger partial charge in [-0.1, -0.05) is 30.3 Å². The molecule has 0 aliphatic carbocycles. The van der Waals surface area contributed by atoms with E-state index in [-0.39, 0.29) is 5.95 Å². The second-order valence-electron chi connectivity index (χ2n) is 6.96. The molecular formula is C24H28N8O. The highest BCUT2D eigenvalue weighted by Gasteiger charge is 2.10. The molecule has 0 saturated heterocycles. The van der Waals surface area contributed by atoms with E-state index in [2.05, 4.69) is 49.9 Å². The lowest BCUT2D eigenvalue weighted by atomic mass is 10.1. The lowest BCUT2D eigenvalue weighted by molar-refractivity contribution is 0.512. The van der Waals surface area contributed by atoms with Gasteiger partial charge in [-0.2, -0.15) is 9.97 Å². The fourth-order valence-corrected chi connectivity index (χ4v) is 3.08. The van der Waals surface area contributed by atoms with Crippen molar-refractivity contribution in [3.8, 4) is 11.3 Å². The number of benzene rings is 1. The van der Waals surface area contributed by atoms with E-state index in [1.54, 1.807) is 19.5 Å². The van der Waals surface area contributed by atoms with Gasteiger partial charge in [-0.15, -0.1) is 0 Å². The van der Waals surface area contributed by atoms with Crippen molar-refractivity contribution in [2.24, 2.45) is 5.73 Å². The van der Waals surface area contributed by atoms with E-state index in [1.165, 1.54) is 11.8 Å². The average molecular weight is 445 g/mol. The van der Waals surface area contributed by atoms with E-state index in [0.29, 0.717) is 30.3 Å². The van der Waals surface area contributed by atoms with Crippen molar-refractivity contribution in [1.82, 2.24) is 15.0 Å². The van der Waals surface area contributed by atoms with Crippen LogP contribution in [0.15, 0.2) is 71.5 Å². The summed E-state index contributed by atoms with van der Waals surface area (Å²) in [6.07, 6.45) is 5.44. The van der Waals surface area contributed by atoms with Gasteiger partial charge >= 0.3 is 0 Å². The molecule has 0 saturated carbocycles. The number of nitrogen functional groups attached to an aromatic ring is 1. The summed E-state index contributed by atoms with van der Waals surface area (Å²) in [7, 11) is 1.74. The average Bonchev–Trinajstić information content (AvgIpc) is 3.39. The van der Waals surface area contributed by atoms with E-state index in [0.717, 1.165) is 23.4 Å². The van der Waals surface area contributed by atoms with Crippen LogP contribution in [-0.4, -0.2) is 34.8 Å². The van der Waals surface area contributed by atoms with Crippen molar-refractivity contribution in [1.29, 1.82) is 5.41 Å². The Hall–Kier alpha value is -4.24. The zero-order valence-electron chi connectivity index (χ0n) is 18.5. The molecule has 0 amide bonds. The predicted octanol–water partition coefficient (Wildman–Crippen LogP) is 3.55. The van der Waals surface area contributed by atoms with Gasteiger partial charge in [0.25, 0.3) is 0 Å². The first-order valence-electron chi connectivity index (χ1n) is 10.5. The molecule has 170 valence electrons. The SMILES string of the molecule is CNc1nc(N)nc(NCCc2ccc(-c3ccccn3)cc2)c1C=N.NCc1ccco1. The normalized spacial score (nSPS) is 10.1. The molecule has 3 heterocycles. The van der Waals surface area contributed by atoms with Crippen LogP contribution in [0.2, 0.25) is 0 Å². The molecule has 0 bridgehead atoms. The topological polar surface area (TPSA) is 152 Å². The Morgan fingerprint density at radius 2 is 1.82 bits per heavy atom. The fraction of sp³-hybridized carbons (Fsp3) is 0.167. The van der Waals surface area contributed by atoms with Gasteiger partial charge in [-0.25, -0.2) is 0 Å². The van der Waals surface area contributed by atoms with Crippen LogP contribution >= 0.6 is 0 Å². The van der Waals surface area contributed by atoms with Crippen LogP contribution in [0.4, 0.5) is 17.6 Å². The Labute approximate surface area is 192 Å². The number of nitrogens with two attached hydrogens (primary N) is 2. The smallest absolute Gasteiger partial charge is 0.223 e. The van der Waals surface area contributed by atoms with Crippen molar-refractivity contribution in [2.45, 2.75) is 13.0 Å². The van der Waals surface area contributed by atoms with Crippen molar-refractivity contribution in [2.75, 3.05) is 30.0 Å². The zero-order valence-corrected chi connectivity index (χ0v) is 18.5. The molecule has 0 radical (unpaired) electrons. The van der Waals surface area contributed by atoms with E-state index in [1.807, 2.05) is 30.3 Å². The maximum atomic E-state index is 7.57. The molecule has 3 aromatic heterocycles. The molecule has 7 N–H and O–H groups in total. The van der Waals surface area contributed by atoms with Gasteiger partial charge in [0, 0.05) is 31.6 Å². The molecule has 9 heteroatoms. The number of aromatic nitrogens is 3. The summed E-state index contributed by atoms with van der Waals surface area (Å²) < 4.78 is 4.86. The van der Waals surface area contributed by atoms with E-state index in [9.17, 15) is 0 Å². The predicted molar refractivity (Wildman–Crippen MR) is 132 cm³/mol. The van der Waals surface area contributed by atoms with Gasteiger partial charge < -0.3 is 31.9 Å². The van der Waals surface area contributed by atoms with Crippen molar-refractivity contribution in [3.63, 3.8) is 0 Å².